The Morgan fingerprint density at radius 1 is 1.33 bits per heavy atom. The van der Waals surface area contributed by atoms with Crippen LogP contribution in [0.3, 0.4) is 0 Å². The second-order valence-corrected chi connectivity index (χ2v) is 4.01. The van der Waals surface area contributed by atoms with Crippen molar-refractivity contribution in [2.45, 2.75) is 6.42 Å². The van der Waals surface area contributed by atoms with E-state index in [9.17, 15) is 4.79 Å². The van der Waals surface area contributed by atoms with Gasteiger partial charge in [0.05, 0.1) is 12.1 Å². The first-order chi connectivity index (χ1) is 8.76. The standard InChI is InChI=1S/C12H11N5O/c13-17-12-14-4-3-10(16-12)7-1-2-9-8(5-7)6-11(18)15-9/h1-5H,6,13H2,(H,15,18)(H,14,16,17). The molecule has 4 N–H and O–H groups in total. The molecule has 6 nitrogen and oxygen atoms in total. The van der Waals surface area contributed by atoms with Gasteiger partial charge in [0.15, 0.2) is 0 Å². The number of nitrogens with two attached hydrogens (primary N) is 1. The lowest BCUT2D eigenvalue weighted by molar-refractivity contribution is -0.115. The van der Waals surface area contributed by atoms with E-state index in [1.165, 1.54) is 0 Å². The van der Waals surface area contributed by atoms with E-state index in [0.29, 0.717) is 12.4 Å². The third kappa shape index (κ3) is 1.78. The molecule has 0 unspecified atom stereocenters. The Morgan fingerprint density at radius 3 is 3.06 bits per heavy atom. The highest BCUT2D eigenvalue weighted by molar-refractivity contribution is 5.99. The molecular formula is C12H11N5O. The molecule has 0 aliphatic carbocycles. The summed E-state index contributed by atoms with van der Waals surface area (Å²) in [5, 5.41) is 2.79. The van der Waals surface area contributed by atoms with Crippen LogP contribution in [0.2, 0.25) is 0 Å². The lowest BCUT2D eigenvalue weighted by Gasteiger charge is -2.05. The number of nitrogen functional groups attached to an aromatic ring is 1. The maximum Gasteiger partial charge on any atom is 0.237 e. The van der Waals surface area contributed by atoms with Crippen molar-refractivity contribution in [3.63, 3.8) is 0 Å². The molecule has 0 radical (unpaired) electrons. The van der Waals surface area contributed by atoms with Crippen LogP contribution in [0.1, 0.15) is 5.56 Å². The van der Waals surface area contributed by atoms with Gasteiger partial charge < -0.3 is 5.32 Å². The van der Waals surface area contributed by atoms with Crippen LogP contribution in [0.25, 0.3) is 11.3 Å². The Balaban J connectivity index is 2.02. The number of nitrogens with one attached hydrogen (secondary N) is 2. The minimum atomic E-state index is 0.0224. The molecule has 6 heteroatoms. The second-order valence-electron chi connectivity index (χ2n) is 4.01. The van der Waals surface area contributed by atoms with Gasteiger partial charge in [-0.25, -0.2) is 15.8 Å². The predicted molar refractivity (Wildman–Crippen MR) is 67.6 cm³/mol. The molecule has 0 fully saturated rings. The molecule has 1 amide bonds. The molecule has 1 aromatic carbocycles. The number of hydrazine groups is 1. The molecule has 2 aromatic rings. The molecule has 3 rings (SSSR count). The number of carbonyl (C=O) groups excluding carboxylic acids is 1. The molecule has 0 saturated heterocycles. The fraction of sp³-hybridized carbons (Fsp3) is 0.0833. The maximum atomic E-state index is 11.3. The fourth-order valence-corrected chi connectivity index (χ4v) is 1.98. The quantitative estimate of drug-likeness (QED) is 0.537. The number of carbonyl (C=O) groups is 1. The molecule has 0 saturated carbocycles. The summed E-state index contributed by atoms with van der Waals surface area (Å²) < 4.78 is 0. The van der Waals surface area contributed by atoms with E-state index in [1.807, 2.05) is 18.2 Å². The van der Waals surface area contributed by atoms with Crippen molar-refractivity contribution in [2.24, 2.45) is 5.84 Å². The number of aromatic nitrogens is 2. The molecule has 0 spiro atoms. The number of hydrogen-bond donors (Lipinski definition) is 3. The van der Waals surface area contributed by atoms with Crippen molar-refractivity contribution in [3.8, 4) is 11.3 Å². The largest absolute Gasteiger partial charge is 0.326 e. The molecule has 1 aliphatic rings. The summed E-state index contributed by atoms with van der Waals surface area (Å²) in [6, 6.07) is 7.54. The van der Waals surface area contributed by atoms with E-state index < -0.39 is 0 Å². The Labute approximate surface area is 103 Å². The summed E-state index contributed by atoms with van der Waals surface area (Å²) in [7, 11) is 0. The summed E-state index contributed by atoms with van der Waals surface area (Å²) in [6.07, 6.45) is 2.05. The van der Waals surface area contributed by atoms with Gasteiger partial charge in [0.25, 0.3) is 0 Å². The number of nitrogens with zero attached hydrogens (tertiary/aromatic N) is 2. The van der Waals surface area contributed by atoms with Gasteiger partial charge in [0.2, 0.25) is 11.9 Å². The second kappa shape index (κ2) is 4.08. The van der Waals surface area contributed by atoms with Gasteiger partial charge in [-0.1, -0.05) is 6.07 Å². The average Bonchev–Trinajstić information content (AvgIpc) is 2.77. The summed E-state index contributed by atoms with van der Waals surface area (Å²) in [4.78, 5) is 19.5. The van der Waals surface area contributed by atoms with Crippen LogP contribution >= 0.6 is 0 Å². The SMILES string of the molecule is NNc1nccc(-c2ccc3c(c2)CC(=O)N3)n1. The average molecular weight is 241 g/mol. The molecule has 18 heavy (non-hydrogen) atoms. The van der Waals surface area contributed by atoms with Crippen LogP contribution in [0.4, 0.5) is 11.6 Å². The molecule has 2 heterocycles. The molecule has 1 aliphatic heterocycles. The zero-order valence-corrected chi connectivity index (χ0v) is 9.47. The van der Waals surface area contributed by atoms with Gasteiger partial charge in [0.1, 0.15) is 0 Å². The van der Waals surface area contributed by atoms with E-state index in [0.717, 1.165) is 22.5 Å². The van der Waals surface area contributed by atoms with Crippen LogP contribution in [0, 0.1) is 0 Å². The Bertz CT molecular complexity index is 626. The highest BCUT2D eigenvalue weighted by Crippen LogP contribution is 2.28. The van der Waals surface area contributed by atoms with Gasteiger partial charge in [-0.15, -0.1) is 0 Å². The number of benzene rings is 1. The fourth-order valence-electron chi connectivity index (χ4n) is 1.98. The van der Waals surface area contributed by atoms with Crippen molar-refractivity contribution in [3.05, 3.63) is 36.0 Å². The van der Waals surface area contributed by atoms with E-state index in [4.69, 9.17) is 5.84 Å². The summed E-state index contributed by atoms with van der Waals surface area (Å²) in [6.45, 7) is 0. The van der Waals surface area contributed by atoms with Gasteiger partial charge in [-0.2, -0.15) is 0 Å². The zero-order chi connectivity index (χ0) is 12.5. The number of amides is 1. The Hall–Kier alpha value is -2.47. The molecule has 0 atom stereocenters. The molecule has 90 valence electrons. The highest BCUT2D eigenvalue weighted by atomic mass is 16.1. The molecular weight excluding hydrogens is 230 g/mol. The van der Waals surface area contributed by atoms with Gasteiger partial charge in [0, 0.05) is 17.4 Å². The van der Waals surface area contributed by atoms with Crippen LogP contribution in [-0.4, -0.2) is 15.9 Å². The molecule has 0 bridgehead atoms. The first-order valence-electron chi connectivity index (χ1n) is 5.49. The first-order valence-corrected chi connectivity index (χ1v) is 5.49. The van der Waals surface area contributed by atoms with Gasteiger partial charge in [-0.05, 0) is 23.8 Å². The first kappa shape index (κ1) is 10.7. The predicted octanol–water partition coefficient (Wildman–Crippen LogP) is 0.924. The van der Waals surface area contributed by atoms with E-state index >= 15 is 0 Å². The van der Waals surface area contributed by atoms with Crippen molar-refractivity contribution in [2.75, 3.05) is 10.7 Å². The van der Waals surface area contributed by atoms with Gasteiger partial charge in [-0.3, -0.25) is 10.2 Å². The Morgan fingerprint density at radius 2 is 2.22 bits per heavy atom. The minimum Gasteiger partial charge on any atom is -0.326 e. The summed E-state index contributed by atoms with van der Waals surface area (Å²) in [5.41, 5.74) is 5.96. The number of fused-ring (bicyclic) bond motifs is 1. The van der Waals surface area contributed by atoms with E-state index in [-0.39, 0.29) is 5.91 Å². The van der Waals surface area contributed by atoms with Crippen LogP contribution in [-0.2, 0) is 11.2 Å². The number of hydrogen-bond acceptors (Lipinski definition) is 5. The Kier molecular flexibility index (Phi) is 2.42. The summed E-state index contributed by atoms with van der Waals surface area (Å²) >= 11 is 0. The maximum absolute atomic E-state index is 11.3. The zero-order valence-electron chi connectivity index (χ0n) is 9.47. The van der Waals surface area contributed by atoms with Gasteiger partial charge >= 0.3 is 0 Å². The number of anilines is 2. The topological polar surface area (TPSA) is 92.9 Å². The third-order valence-electron chi connectivity index (χ3n) is 2.81. The summed E-state index contributed by atoms with van der Waals surface area (Å²) in [5.74, 6) is 5.66. The smallest absolute Gasteiger partial charge is 0.237 e. The van der Waals surface area contributed by atoms with Crippen molar-refractivity contribution >= 4 is 17.5 Å². The minimum absolute atomic E-state index is 0.0224. The number of rotatable bonds is 2. The van der Waals surface area contributed by atoms with Crippen molar-refractivity contribution < 1.29 is 4.79 Å². The third-order valence-corrected chi connectivity index (χ3v) is 2.81. The van der Waals surface area contributed by atoms with E-state index in [2.05, 4.69) is 20.7 Å². The normalized spacial score (nSPS) is 13.1. The van der Waals surface area contributed by atoms with E-state index in [1.54, 1.807) is 12.3 Å². The monoisotopic (exact) mass is 241 g/mol. The van der Waals surface area contributed by atoms with Crippen LogP contribution in [0.15, 0.2) is 30.5 Å². The molecule has 1 aromatic heterocycles. The lowest BCUT2D eigenvalue weighted by atomic mass is 10.1. The van der Waals surface area contributed by atoms with Crippen LogP contribution in [0.5, 0.6) is 0 Å². The highest BCUT2D eigenvalue weighted by Gasteiger charge is 2.17. The van der Waals surface area contributed by atoms with Crippen molar-refractivity contribution in [1.82, 2.24) is 9.97 Å². The van der Waals surface area contributed by atoms with Crippen molar-refractivity contribution in [1.29, 1.82) is 0 Å². The lowest BCUT2D eigenvalue weighted by Crippen LogP contribution is -2.10. The van der Waals surface area contributed by atoms with Crippen LogP contribution < -0.4 is 16.6 Å².